The van der Waals surface area contributed by atoms with E-state index in [-0.39, 0.29) is 11.8 Å². The van der Waals surface area contributed by atoms with Crippen LogP contribution in [-0.2, 0) is 4.79 Å². The number of nitrogens with one attached hydrogen (secondary N) is 3. The highest BCUT2D eigenvalue weighted by Crippen LogP contribution is 2.10. The van der Waals surface area contributed by atoms with Gasteiger partial charge in [0, 0.05) is 19.0 Å². The van der Waals surface area contributed by atoms with E-state index in [9.17, 15) is 4.79 Å². The van der Waals surface area contributed by atoms with E-state index in [0.717, 1.165) is 39.0 Å². The molecule has 1 aliphatic heterocycles. The molecule has 1 aliphatic rings. The number of amides is 1. The molecule has 0 aromatic heterocycles. The molecule has 76 valence electrons. The topological polar surface area (TPSA) is 53.2 Å². The van der Waals surface area contributed by atoms with Crippen molar-refractivity contribution in [2.75, 3.05) is 33.2 Å². The Kier molecular flexibility index (Phi) is 4.78. The Hall–Kier alpha value is -0.610. The van der Waals surface area contributed by atoms with Gasteiger partial charge in [-0.15, -0.1) is 0 Å². The summed E-state index contributed by atoms with van der Waals surface area (Å²) in [5.41, 5.74) is 0. The van der Waals surface area contributed by atoms with Gasteiger partial charge < -0.3 is 16.0 Å². The molecule has 0 aromatic rings. The second-order valence-corrected chi connectivity index (χ2v) is 3.42. The maximum absolute atomic E-state index is 11.5. The van der Waals surface area contributed by atoms with E-state index in [4.69, 9.17) is 0 Å². The Morgan fingerprint density at radius 3 is 2.69 bits per heavy atom. The fourth-order valence-corrected chi connectivity index (χ4v) is 1.54. The van der Waals surface area contributed by atoms with Gasteiger partial charge in [-0.1, -0.05) is 0 Å². The van der Waals surface area contributed by atoms with Crippen molar-refractivity contribution < 1.29 is 4.79 Å². The molecule has 1 amide bonds. The molecule has 0 unspecified atom stereocenters. The average Bonchev–Trinajstić information content (AvgIpc) is 2.19. The number of hydrogen-bond donors (Lipinski definition) is 3. The number of piperidine rings is 1. The standard InChI is InChI=1S/C9H19N3O/c1-10-6-7-12-9(13)8-2-4-11-5-3-8/h8,10-11H,2-7H2,1H3,(H,12,13). The van der Waals surface area contributed by atoms with Crippen LogP contribution in [0.3, 0.4) is 0 Å². The highest BCUT2D eigenvalue weighted by atomic mass is 16.1. The van der Waals surface area contributed by atoms with Gasteiger partial charge in [-0.3, -0.25) is 4.79 Å². The Morgan fingerprint density at radius 2 is 2.08 bits per heavy atom. The number of carbonyl (C=O) groups is 1. The summed E-state index contributed by atoms with van der Waals surface area (Å²) >= 11 is 0. The second-order valence-electron chi connectivity index (χ2n) is 3.42. The summed E-state index contributed by atoms with van der Waals surface area (Å²) < 4.78 is 0. The quantitative estimate of drug-likeness (QED) is 0.509. The third kappa shape index (κ3) is 3.74. The molecule has 1 heterocycles. The normalized spacial score (nSPS) is 18.5. The fraction of sp³-hybridized carbons (Fsp3) is 0.889. The van der Waals surface area contributed by atoms with Crippen LogP contribution in [-0.4, -0.2) is 39.1 Å². The lowest BCUT2D eigenvalue weighted by molar-refractivity contribution is -0.125. The van der Waals surface area contributed by atoms with E-state index >= 15 is 0 Å². The smallest absolute Gasteiger partial charge is 0.223 e. The van der Waals surface area contributed by atoms with Crippen molar-refractivity contribution in [1.29, 1.82) is 0 Å². The largest absolute Gasteiger partial charge is 0.355 e. The first-order valence-electron chi connectivity index (χ1n) is 4.97. The first-order valence-corrected chi connectivity index (χ1v) is 4.97. The van der Waals surface area contributed by atoms with Crippen LogP contribution in [0.4, 0.5) is 0 Å². The van der Waals surface area contributed by atoms with Gasteiger partial charge in [0.2, 0.25) is 5.91 Å². The first kappa shape index (κ1) is 10.5. The lowest BCUT2D eigenvalue weighted by Gasteiger charge is -2.21. The molecule has 0 aliphatic carbocycles. The van der Waals surface area contributed by atoms with Gasteiger partial charge in [-0.05, 0) is 33.0 Å². The molecule has 0 atom stereocenters. The molecule has 13 heavy (non-hydrogen) atoms. The van der Waals surface area contributed by atoms with Crippen LogP contribution in [0, 0.1) is 5.92 Å². The van der Waals surface area contributed by atoms with Crippen LogP contribution in [0.25, 0.3) is 0 Å². The Morgan fingerprint density at radius 1 is 1.38 bits per heavy atom. The van der Waals surface area contributed by atoms with E-state index in [2.05, 4.69) is 16.0 Å². The predicted molar refractivity (Wildman–Crippen MR) is 52.5 cm³/mol. The minimum atomic E-state index is 0.219. The fourth-order valence-electron chi connectivity index (χ4n) is 1.54. The lowest BCUT2D eigenvalue weighted by Crippen LogP contribution is -2.40. The zero-order chi connectivity index (χ0) is 9.52. The van der Waals surface area contributed by atoms with Crippen LogP contribution < -0.4 is 16.0 Å². The van der Waals surface area contributed by atoms with Crippen LogP contribution in [0.15, 0.2) is 0 Å². The molecule has 0 saturated carbocycles. The maximum Gasteiger partial charge on any atom is 0.223 e. The van der Waals surface area contributed by atoms with Crippen LogP contribution in [0.1, 0.15) is 12.8 Å². The van der Waals surface area contributed by atoms with Crippen molar-refractivity contribution in [2.45, 2.75) is 12.8 Å². The first-order chi connectivity index (χ1) is 6.34. The molecular weight excluding hydrogens is 166 g/mol. The van der Waals surface area contributed by atoms with E-state index in [1.807, 2.05) is 7.05 Å². The van der Waals surface area contributed by atoms with E-state index < -0.39 is 0 Å². The van der Waals surface area contributed by atoms with Gasteiger partial charge in [0.05, 0.1) is 0 Å². The van der Waals surface area contributed by atoms with Crippen molar-refractivity contribution >= 4 is 5.91 Å². The molecule has 0 aromatic carbocycles. The van der Waals surface area contributed by atoms with Crippen molar-refractivity contribution in [3.8, 4) is 0 Å². The van der Waals surface area contributed by atoms with Gasteiger partial charge in [0.25, 0.3) is 0 Å². The third-order valence-electron chi connectivity index (χ3n) is 2.38. The van der Waals surface area contributed by atoms with Gasteiger partial charge in [-0.25, -0.2) is 0 Å². The number of carbonyl (C=O) groups excluding carboxylic acids is 1. The van der Waals surface area contributed by atoms with Gasteiger partial charge in [0.15, 0.2) is 0 Å². The third-order valence-corrected chi connectivity index (χ3v) is 2.38. The van der Waals surface area contributed by atoms with Gasteiger partial charge in [-0.2, -0.15) is 0 Å². The number of likely N-dealkylation sites (N-methyl/N-ethyl adjacent to an activating group) is 1. The molecule has 1 saturated heterocycles. The van der Waals surface area contributed by atoms with Gasteiger partial charge >= 0.3 is 0 Å². The minimum absolute atomic E-state index is 0.219. The van der Waals surface area contributed by atoms with E-state index in [1.54, 1.807) is 0 Å². The molecule has 0 bridgehead atoms. The van der Waals surface area contributed by atoms with E-state index in [0.29, 0.717) is 0 Å². The molecule has 1 rings (SSSR count). The molecular formula is C9H19N3O. The van der Waals surface area contributed by atoms with Crippen LogP contribution >= 0.6 is 0 Å². The van der Waals surface area contributed by atoms with Crippen LogP contribution in [0.2, 0.25) is 0 Å². The summed E-state index contributed by atoms with van der Waals surface area (Å²) in [4.78, 5) is 11.5. The SMILES string of the molecule is CNCCNC(=O)C1CCNCC1. The van der Waals surface area contributed by atoms with Crippen LogP contribution in [0.5, 0.6) is 0 Å². The summed E-state index contributed by atoms with van der Waals surface area (Å²) in [6.45, 7) is 3.53. The summed E-state index contributed by atoms with van der Waals surface area (Å²) in [5, 5.41) is 9.17. The molecule has 4 heteroatoms. The minimum Gasteiger partial charge on any atom is -0.355 e. The zero-order valence-corrected chi connectivity index (χ0v) is 8.23. The predicted octanol–water partition coefficient (Wildman–Crippen LogP) is -0.678. The van der Waals surface area contributed by atoms with Crippen molar-refractivity contribution in [3.63, 3.8) is 0 Å². The maximum atomic E-state index is 11.5. The second kappa shape index (κ2) is 5.94. The Balaban J connectivity index is 2.13. The monoisotopic (exact) mass is 185 g/mol. The van der Waals surface area contributed by atoms with Crippen molar-refractivity contribution in [2.24, 2.45) is 5.92 Å². The zero-order valence-electron chi connectivity index (χ0n) is 8.23. The summed E-state index contributed by atoms with van der Waals surface area (Å²) in [7, 11) is 1.89. The highest BCUT2D eigenvalue weighted by Gasteiger charge is 2.19. The number of rotatable bonds is 4. The van der Waals surface area contributed by atoms with E-state index in [1.165, 1.54) is 0 Å². The number of hydrogen-bond acceptors (Lipinski definition) is 3. The van der Waals surface area contributed by atoms with Crippen molar-refractivity contribution in [3.05, 3.63) is 0 Å². The lowest BCUT2D eigenvalue weighted by atomic mass is 9.97. The molecule has 0 radical (unpaired) electrons. The molecule has 1 fully saturated rings. The van der Waals surface area contributed by atoms with Crippen molar-refractivity contribution in [1.82, 2.24) is 16.0 Å². The Labute approximate surface area is 79.5 Å². The molecule has 0 spiro atoms. The molecule has 4 nitrogen and oxygen atoms in total. The Bertz CT molecular complexity index is 155. The summed E-state index contributed by atoms with van der Waals surface area (Å²) in [6.07, 6.45) is 1.96. The molecule has 3 N–H and O–H groups in total. The summed E-state index contributed by atoms with van der Waals surface area (Å²) in [6, 6.07) is 0. The average molecular weight is 185 g/mol. The summed E-state index contributed by atoms with van der Waals surface area (Å²) in [5.74, 6) is 0.454. The highest BCUT2D eigenvalue weighted by molar-refractivity contribution is 5.78. The van der Waals surface area contributed by atoms with Gasteiger partial charge in [0.1, 0.15) is 0 Å².